The molecular weight excluding hydrogens is 294 g/mol. The molecule has 1 N–H and O–H groups in total. The molecule has 1 aromatic carbocycles. The molecule has 0 saturated carbocycles. The third-order valence-corrected chi connectivity index (χ3v) is 4.14. The van der Waals surface area contributed by atoms with Crippen molar-refractivity contribution < 1.29 is 9.53 Å². The number of hydrogen-bond donors (Lipinski definition) is 1. The predicted molar refractivity (Wildman–Crippen MR) is 77.3 cm³/mol. The van der Waals surface area contributed by atoms with E-state index in [-0.39, 0.29) is 16.3 Å². The average Bonchev–Trinajstić information content (AvgIpc) is 2.28. The van der Waals surface area contributed by atoms with E-state index in [1.807, 2.05) is 45.0 Å². The minimum absolute atomic E-state index is 0.00389. The van der Waals surface area contributed by atoms with Crippen molar-refractivity contribution in [3.8, 4) is 5.75 Å². The van der Waals surface area contributed by atoms with Gasteiger partial charge in [-0.15, -0.1) is 0 Å². The van der Waals surface area contributed by atoms with Gasteiger partial charge in [-0.3, -0.25) is 4.79 Å². The van der Waals surface area contributed by atoms with Gasteiger partial charge in [-0.25, -0.2) is 0 Å². The number of alkyl halides is 1. The number of benzene rings is 1. The molecule has 1 rings (SSSR count). The molecule has 3 nitrogen and oxygen atoms in total. The second-order valence-corrected chi connectivity index (χ2v) is 6.25. The number of methoxy groups -OCH3 is 1. The quantitative estimate of drug-likeness (QED) is 0.849. The molecule has 4 heteroatoms. The normalized spacial score (nSPS) is 12.9. The first kappa shape index (κ1) is 15.0. The molecule has 0 saturated heterocycles. The van der Waals surface area contributed by atoms with E-state index in [1.165, 1.54) is 0 Å². The molecule has 0 heterocycles. The number of rotatable bonds is 5. The molecule has 0 aliphatic carbocycles. The number of nitrogens with one attached hydrogen (secondary N) is 1. The Morgan fingerprint density at radius 3 is 2.61 bits per heavy atom. The molecule has 1 amide bonds. The van der Waals surface area contributed by atoms with Gasteiger partial charge in [0.15, 0.2) is 0 Å². The molecule has 0 fully saturated rings. The first-order valence-electron chi connectivity index (χ1n) is 5.94. The van der Waals surface area contributed by atoms with Gasteiger partial charge < -0.3 is 10.1 Å². The number of ether oxygens (including phenoxy) is 1. The van der Waals surface area contributed by atoms with E-state index in [1.54, 1.807) is 7.11 Å². The third kappa shape index (κ3) is 4.02. The van der Waals surface area contributed by atoms with E-state index in [0.29, 0.717) is 6.42 Å². The van der Waals surface area contributed by atoms with Gasteiger partial charge in [0.25, 0.3) is 0 Å². The van der Waals surface area contributed by atoms with Gasteiger partial charge in [0.1, 0.15) is 5.75 Å². The van der Waals surface area contributed by atoms with Gasteiger partial charge in [0.05, 0.1) is 13.5 Å². The fraction of sp³-hybridized carbons (Fsp3) is 0.500. The molecule has 0 bridgehead atoms. The van der Waals surface area contributed by atoms with Crippen molar-refractivity contribution >= 4 is 21.8 Å². The molecule has 0 radical (unpaired) electrons. The minimum atomic E-state index is -0.279. The number of carbonyl (C=O) groups excluding carboxylic acids is 1. The summed E-state index contributed by atoms with van der Waals surface area (Å²) in [6.07, 6.45) is 0.327. The smallest absolute Gasteiger partial charge is 0.225 e. The summed E-state index contributed by atoms with van der Waals surface area (Å²) in [5, 5.41) is 3.01. The fourth-order valence-corrected chi connectivity index (χ4v) is 1.64. The Hall–Kier alpha value is -1.03. The summed E-state index contributed by atoms with van der Waals surface area (Å²) in [5.41, 5.74) is 0.620. The first-order chi connectivity index (χ1) is 8.36. The van der Waals surface area contributed by atoms with Crippen LogP contribution in [-0.2, 0) is 11.2 Å². The van der Waals surface area contributed by atoms with Crippen LogP contribution in [0.2, 0.25) is 0 Å². The van der Waals surface area contributed by atoms with Crippen LogP contribution in [0, 0.1) is 0 Å². The summed E-state index contributed by atoms with van der Waals surface area (Å²) in [4.78, 5) is 12.2. The van der Waals surface area contributed by atoms with Crippen LogP contribution in [0.4, 0.5) is 0 Å². The molecular formula is C14H20BrNO2. The number of amides is 1. The van der Waals surface area contributed by atoms with E-state index >= 15 is 0 Å². The van der Waals surface area contributed by atoms with Gasteiger partial charge in [-0.2, -0.15) is 0 Å². The topological polar surface area (TPSA) is 38.3 Å². The number of hydrogen-bond acceptors (Lipinski definition) is 2. The highest BCUT2D eigenvalue weighted by molar-refractivity contribution is 9.09. The van der Waals surface area contributed by atoms with Crippen molar-refractivity contribution in [1.29, 1.82) is 0 Å². The maximum atomic E-state index is 12.0. The van der Waals surface area contributed by atoms with Gasteiger partial charge >= 0.3 is 0 Å². The van der Waals surface area contributed by atoms with E-state index in [9.17, 15) is 4.79 Å². The van der Waals surface area contributed by atoms with Gasteiger partial charge in [0, 0.05) is 15.9 Å². The summed E-state index contributed by atoms with van der Waals surface area (Å²) in [6, 6.07) is 7.57. The highest BCUT2D eigenvalue weighted by atomic mass is 79.9. The molecule has 1 aromatic rings. The lowest BCUT2D eigenvalue weighted by Gasteiger charge is -2.29. The predicted octanol–water partition coefficient (Wildman–Crippen LogP) is 2.92. The van der Waals surface area contributed by atoms with Crippen molar-refractivity contribution in [3.05, 3.63) is 29.8 Å². The molecule has 18 heavy (non-hydrogen) atoms. The lowest BCUT2D eigenvalue weighted by molar-refractivity contribution is -0.122. The van der Waals surface area contributed by atoms with E-state index in [2.05, 4.69) is 21.2 Å². The SMILES string of the molecule is COc1ccccc1CC(=O)NC(C)(C)C(C)Br. The lowest BCUT2D eigenvalue weighted by Crippen LogP contribution is -2.49. The van der Waals surface area contributed by atoms with E-state index in [4.69, 9.17) is 4.74 Å². The zero-order chi connectivity index (χ0) is 13.8. The highest BCUT2D eigenvalue weighted by Gasteiger charge is 2.25. The van der Waals surface area contributed by atoms with Crippen molar-refractivity contribution in [1.82, 2.24) is 5.32 Å². The Bertz CT molecular complexity index is 416. The van der Waals surface area contributed by atoms with Crippen LogP contribution < -0.4 is 10.1 Å². The molecule has 100 valence electrons. The van der Waals surface area contributed by atoms with Crippen LogP contribution in [-0.4, -0.2) is 23.4 Å². The zero-order valence-corrected chi connectivity index (χ0v) is 12.9. The molecule has 1 unspecified atom stereocenters. The highest BCUT2D eigenvalue weighted by Crippen LogP contribution is 2.20. The van der Waals surface area contributed by atoms with Crippen molar-refractivity contribution in [3.63, 3.8) is 0 Å². The van der Waals surface area contributed by atoms with Gasteiger partial charge in [-0.1, -0.05) is 41.1 Å². The van der Waals surface area contributed by atoms with Gasteiger partial charge in [-0.05, 0) is 19.9 Å². The number of halogens is 1. The first-order valence-corrected chi connectivity index (χ1v) is 6.85. The standard InChI is InChI=1S/C14H20BrNO2/c1-10(15)14(2,3)16-13(17)9-11-7-5-6-8-12(11)18-4/h5-8,10H,9H2,1-4H3,(H,16,17). The molecule has 0 aromatic heterocycles. The fourth-order valence-electron chi connectivity index (χ4n) is 1.52. The van der Waals surface area contributed by atoms with Gasteiger partial charge in [0.2, 0.25) is 5.91 Å². The summed E-state index contributed by atoms with van der Waals surface area (Å²) >= 11 is 3.50. The maximum absolute atomic E-state index is 12.0. The van der Waals surface area contributed by atoms with Crippen LogP contribution in [0.3, 0.4) is 0 Å². The molecule has 0 aliphatic heterocycles. The Labute approximate surface area is 117 Å². The van der Waals surface area contributed by atoms with E-state index < -0.39 is 0 Å². The Balaban J connectivity index is 2.71. The van der Waals surface area contributed by atoms with Crippen LogP contribution in [0.25, 0.3) is 0 Å². The second-order valence-electron chi connectivity index (χ2n) is 4.87. The summed E-state index contributed by atoms with van der Waals surface area (Å²) in [7, 11) is 1.61. The Morgan fingerprint density at radius 2 is 2.06 bits per heavy atom. The maximum Gasteiger partial charge on any atom is 0.225 e. The van der Waals surface area contributed by atoms with Crippen LogP contribution in [0.1, 0.15) is 26.3 Å². The Kier molecular flexibility index (Phi) is 5.20. The third-order valence-electron chi connectivity index (χ3n) is 3.00. The lowest BCUT2D eigenvalue weighted by atomic mass is 10.0. The van der Waals surface area contributed by atoms with Crippen molar-refractivity contribution in [2.45, 2.75) is 37.6 Å². The average molecular weight is 314 g/mol. The zero-order valence-electron chi connectivity index (χ0n) is 11.3. The summed E-state index contributed by atoms with van der Waals surface area (Å²) in [6.45, 7) is 6.00. The van der Waals surface area contributed by atoms with E-state index in [0.717, 1.165) is 11.3 Å². The molecule has 0 aliphatic rings. The monoisotopic (exact) mass is 313 g/mol. The molecule has 1 atom stereocenters. The number of para-hydroxylation sites is 1. The Morgan fingerprint density at radius 1 is 1.44 bits per heavy atom. The van der Waals surface area contributed by atoms with Crippen molar-refractivity contribution in [2.24, 2.45) is 0 Å². The van der Waals surface area contributed by atoms with Crippen LogP contribution in [0.15, 0.2) is 24.3 Å². The summed E-state index contributed by atoms with van der Waals surface area (Å²) < 4.78 is 5.23. The number of carbonyl (C=O) groups is 1. The van der Waals surface area contributed by atoms with Crippen molar-refractivity contribution in [2.75, 3.05) is 7.11 Å². The van der Waals surface area contributed by atoms with Crippen LogP contribution >= 0.6 is 15.9 Å². The summed E-state index contributed by atoms with van der Waals surface area (Å²) in [5.74, 6) is 0.744. The second kappa shape index (κ2) is 6.23. The van der Waals surface area contributed by atoms with Crippen LogP contribution in [0.5, 0.6) is 5.75 Å². The minimum Gasteiger partial charge on any atom is -0.496 e. The largest absolute Gasteiger partial charge is 0.496 e. The molecule has 0 spiro atoms.